The molecule has 0 aliphatic carbocycles. The van der Waals surface area contributed by atoms with Crippen molar-refractivity contribution >= 4 is 0 Å². The van der Waals surface area contributed by atoms with E-state index in [9.17, 15) is 13.2 Å². The summed E-state index contributed by atoms with van der Waals surface area (Å²) in [5.74, 6) is 0. The van der Waals surface area contributed by atoms with E-state index in [0.29, 0.717) is 12.1 Å². The van der Waals surface area contributed by atoms with Crippen LogP contribution in [0.15, 0.2) is 24.3 Å². The van der Waals surface area contributed by atoms with Gasteiger partial charge in [-0.05, 0) is 30.7 Å². The number of hydrogen-bond acceptors (Lipinski definition) is 2. The second-order valence-corrected chi connectivity index (χ2v) is 3.64. The number of rotatable bonds is 4. The first-order valence-electron chi connectivity index (χ1n) is 5.29. The third-order valence-corrected chi connectivity index (χ3v) is 2.27. The van der Waals surface area contributed by atoms with Crippen molar-refractivity contribution in [1.82, 2.24) is 5.32 Å². The Morgan fingerprint density at radius 1 is 1.41 bits per heavy atom. The van der Waals surface area contributed by atoms with Crippen molar-refractivity contribution in [3.05, 3.63) is 35.4 Å². The van der Waals surface area contributed by atoms with E-state index in [0.717, 1.165) is 18.6 Å². The smallest absolute Gasteiger partial charge is 0.298 e. The Hall–Kier alpha value is -1.54. The van der Waals surface area contributed by atoms with E-state index in [2.05, 4.69) is 5.32 Å². The van der Waals surface area contributed by atoms with E-state index >= 15 is 0 Å². The van der Waals surface area contributed by atoms with E-state index in [4.69, 9.17) is 5.26 Å². The second-order valence-electron chi connectivity index (χ2n) is 3.64. The number of nitrogens with one attached hydrogen (secondary N) is 1. The molecule has 0 aromatic heterocycles. The molecular weight excluding hydrogens is 229 g/mol. The van der Waals surface area contributed by atoms with E-state index in [1.54, 1.807) is 0 Å². The number of alkyl halides is 3. The minimum Gasteiger partial charge on any atom is -0.298 e. The van der Waals surface area contributed by atoms with Crippen LogP contribution in [0.4, 0.5) is 13.2 Å². The van der Waals surface area contributed by atoms with Gasteiger partial charge in [-0.1, -0.05) is 19.1 Å². The minimum atomic E-state index is -4.37. The second kappa shape index (κ2) is 5.69. The summed E-state index contributed by atoms with van der Waals surface area (Å²) in [5.41, 5.74) is -0.385. The van der Waals surface area contributed by atoms with E-state index in [-0.39, 0.29) is 0 Å². The van der Waals surface area contributed by atoms with Crippen LogP contribution in [-0.4, -0.2) is 6.54 Å². The van der Waals surface area contributed by atoms with Gasteiger partial charge in [0.1, 0.15) is 6.04 Å². The Kier molecular flexibility index (Phi) is 4.53. The van der Waals surface area contributed by atoms with Gasteiger partial charge in [0, 0.05) is 0 Å². The third-order valence-electron chi connectivity index (χ3n) is 2.27. The van der Waals surface area contributed by atoms with Crippen LogP contribution >= 0.6 is 0 Å². The van der Waals surface area contributed by atoms with Crippen molar-refractivity contribution in [3.8, 4) is 6.07 Å². The van der Waals surface area contributed by atoms with Crippen molar-refractivity contribution in [2.45, 2.75) is 25.6 Å². The average molecular weight is 242 g/mol. The van der Waals surface area contributed by atoms with Gasteiger partial charge in [-0.2, -0.15) is 18.4 Å². The molecule has 0 bridgehead atoms. The Morgan fingerprint density at radius 2 is 2.12 bits per heavy atom. The summed E-state index contributed by atoms with van der Waals surface area (Å²) in [5, 5.41) is 11.8. The fourth-order valence-electron chi connectivity index (χ4n) is 1.42. The molecule has 0 aliphatic heterocycles. The van der Waals surface area contributed by atoms with Gasteiger partial charge in [0.25, 0.3) is 0 Å². The van der Waals surface area contributed by atoms with Crippen LogP contribution < -0.4 is 5.32 Å². The monoisotopic (exact) mass is 242 g/mol. The van der Waals surface area contributed by atoms with Gasteiger partial charge in [-0.3, -0.25) is 5.32 Å². The van der Waals surface area contributed by atoms with Crippen molar-refractivity contribution in [1.29, 1.82) is 5.26 Å². The molecule has 0 radical (unpaired) electrons. The highest BCUT2D eigenvalue weighted by molar-refractivity contribution is 5.30. The summed E-state index contributed by atoms with van der Waals surface area (Å²) in [6, 6.07) is 6.10. The molecular formula is C12H13F3N2. The standard InChI is InChI=1S/C12H13F3N2/c1-2-6-17-11(8-16)9-4-3-5-10(7-9)12(13,14)15/h3-5,7,11,17H,2,6H2,1H3. The van der Waals surface area contributed by atoms with E-state index in [1.807, 2.05) is 13.0 Å². The van der Waals surface area contributed by atoms with Crippen LogP contribution in [0.3, 0.4) is 0 Å². The number of nitrogens with zero attached hydrogens (tertiary/aromatic N) is 1. The van der Waals surface area contributed by atoms with Crippen LogP contribution in [-0.2, 0) is 6.18 Å². The van der Waals surface area contributed by atoms with Gasteiger partial charge in [0.2, 0.25) is 0 Å². The molecule has 1 atom stereocenters. The maximum absolute atomic E-state index is 12.5. The molecule has 0 amide bonds. The SMILES string of the molecule is CCCNC(C#N)c1cccc(C(F)(F)F)c1. The average Bonchev–Trinajstić information content (AvgIpc) is 2.29. The van der Waals surface area contributed by atoms with Crippen LogP contribution in [0.5, 0.6) is 0 Å². The molecule has 0 spiro atoms. The Balaban J connectivity index is 2.94. The van der Waals surface area contributed by atoms with Crippen LogP contribution in [0, 0.1) is 11.3 Å². The van der Waals surface area contributed by atoms with Crippen LogP contribution in [0.2, 0.25) is 0 Å². The maximum atomic E-state index is 12.5. The lowest BCUT2D eigenvalue weighted by atomic mass is 10.0. The van der Waals surface area contributed by atoms with Gasteiger partial charge in [-0.15, -0.1) is 0 Å². The Morgan fingerprint density at radius 3 is 2.65 bits per heavy atom. The summed E-state index contributed by atoms with van der Waals surface area (Å²) in [7, 11) is 0. The molecule has 1 aromatic carbocycles. The molecule has 1 rings (SSSR count). The maximum Gasteiger partial charge on any atom is 0.416 e. The highest BCUT2D eigenvalue weighted by atomic mass is 19.4. The van der Waals surface area contributed by atoms with E-state index in [1.165, 1.54) is 12.1 Å². The van der Waals surface area contributed by atoms with Crippen molar-refractivity contribution in [2.75, 3.05) is 6.54 Å². The molecule has 0 fully saturated rings. The largest absolute Gasteiger partial charge is 0.416 e. The fraction of sp³-hybridized carbons (Fsp3) is 0.417. The highest BCUT2D eigenvalue weighted by Gasteiger charge is 2.30. The molecule has 92 valence electrons. The zero-order valence-corrected chi connectivity index (χ0v) is 9.38. The number of nitriles is 1. The molecule has 0 aliphatic rings. The summed E-state index contributed by atoms with van der Waals surface area (Å²) < 4.78 is 37.5. The Bertz CT molecular complexity index is 407. The predicted octanol–water partition coefficient (Wildman–Crippen LogP) is 3.27. The topological polar surface area (TPSA) is 35.8 Å². The summed E-state index contributed by atoms with van der Waals surface area (Å²) in [6.07, 6.45) is -3.56. The third kappa shape index (κ3) is 3.75. The molecule has 0 heterocycles. The first kappa shape index (κ1) is 13.5. The Labute approximate surface area is 98.1 Å². The van der Waals surface area contributed by atoms with Gasteiger partial charge in [0.15, 0.2) is 0 Å². The van der Waals surface area contributed by atoms with Crippen LogP contribution in [0.1, 0.15) is 30.5 Å². The van der Waals surface area contributed by atoms with Gasteiger partial charge < -0.3 is 0 Å². The summed E-state index contributed by atoms with van der Waals surface area (Å²) >= 11 is 0. The highest BCUT2D eigenvalue weighted by Crippen LogP contribution is 2.30. The lowest BCUT2D eigenvalue weighted by molar-refractivity contribution is -0.137. The van der Waals surface area contributed by atoms with Gasteiger partial charge >= 0.3 is 6.18 Å². The predicted molar refractivity (Wildman–Crippen MR) is 58.1 cm³/mol. The van der Waals surface area contributed by atoms with Crippen LogP contribution in [0.25, 0.3) is 0 Å². The zero-order chi connectivity index (χ0) is 12.9. The number of hydrogen-bond donors (Lipinski definition) is 1. The van der Waals surface area contributed by atoms with Gasteiger partial charge in [0.05, 0.1) is 11.6 Å². The quantitative estimate of drug-likeness (QED) is 0.879. The first-order valence-corrected chi connectivity index (χ1v) is 5.29. The van der Waals surface area contributed by atoms with Crippen molar-refractivity contribution in [3.63, 3.8) is 0 Å². The van der Waals surface area contributed by atoms with Crippen molar-refractivity contribution in [2.24, 2.45) is 0 Å². The summed E-state index contributed by atoms with van der Waals surface area (Å²) in [6.45, 7) is 2.52. The van der Waals surface area contributed by atoms with Gasteiger partial charge in [-0.25, -0.2) is 0 Å². The molecule has 17 heavy (non-hydrogen) atoms. The molecule has 1 aromatic rings. The molecule has 1 unspecified atom stereocenters. The normalized spacial score (nSPS) is 13.1. The molecule has 5 heteroatoms. The molecule has 0 saturated carbocycles. The minimum absolute atomic E-state index is 0.343. The lowest BCUT2D eigenvalue weighted by Crippen LogP contribution is -2.21. The number of benzene rings is 1. The molecule has 1 N–H and O–H groups in total. The van der Waals surface area contributed by atoms with E-state index < -0.39 is 17.8 Å². The first-order chi connectivity index (χ1) is 7.99. The fourth-order valence-corrected chi connectivity index (χ4v) is 1.42. The molecule has 0 saturated heterocycles. The summed E-state index contributed by atoms with van der Waals surface area (Å²) in [4.78, 5) is 0. The molecule has 2 nitrogen and oxygen atoms in total. The number of halogens is 3. The zero-order valence-electron chi connectivity index (χ0n) is 9.38. The van der Waals surface area contributed by atoms with Crippen molar-refractivity contribution < 1.29 is 13.2 Å². The lowest BCUT2D eigenvalue weighted by Gasteiger charge is -2.13.